The van der Waals surface area contributed by atoms with Crippen molar-refractivity contribution < 1.29 is 8.91 Å². The lowest BCUT2D eigenvalue weighted by molar-refractivity contribution is 0.448. The normalized spacial score (nSPS) is 14.3. The Balaban J connectivity index is 0.00000108. The maximum Gasteiger partial charge on any atom is 0.167 e. The Hall–Kier alpha value is -1.62. The molecular formula is C11H11ClFN3O. The van der Waals surface area contributed by atoms with Crippen molar-refractivity contribution in [3.05, 3.63) is 29.7 Å². The first kappa shape index (κ1) is 11.9. The number of aromatic nitrogens is 1. The lowest BCUT2D eigenvalue weighted by Crippen LogP contribution is -2.20. The van der Waals surface area contributed by atoms with Crippen molar-refractivity contribution in [2.45, 2.75) is 6.42 Å². The summed E-state index contributed by atoms with van der Waals surface area (Å²) in [7, 11) is 0. The largest absolute Gasteiger partial charge is 0.372 e. The Labute approximate surface area is 103 Å². The molecule has 0 amide bonds. The van der Waals surface area contributed by atoms with Crippen LogP contribution in [0.25, 0.3) is 11.0 Å². The number of nitrogens with one attached hydrogen (secondary N) is 1. The molecule has 0 saturated heterocycles. The molecule has 0 atom stereocenters. The van der Waals surface area contributed by atoms with Crippen LogP contribution in [0, 0.1) is 5.82 Å². The molecule has 0 unspecified atom stereocenters. The van der Waals surface area contributed by atoms with Crippen LogP contribution in [-0.2, 0) is 6.42 Å². The minimum atomic E-state index is -0.279. The van der Waals surface area contributed by atoms with Crippen molar-refractivity contribution in [2.75, 3.05) is 13.1 Å². The monoisotopic (exact) mass is 255 g/mol. The van der Waals surface area contributed by atoms with Crippen LogP contribution in [-0.4, -0.2) is 24.1 Å². The second-order valence-electron chi connectivity index (χ2n) is 3.70. The first-order chi connectivity index (χ1) is 7.83. The predicted octanol–water partition coefficient (Wildman–Crippen LogP) is 1.93. The molecule has 6 heteroatoms. The van der Waals surface area contributed by atoms with Gasteiger partial charge in [0.1, 0.15) is 11.7 Å². The Morgan fingerprint density at radius 1 is 1.41 bits per heavy atom. The molecule has 2 aromatic rings. The molecule has 2 heterocycles. The maximum absolute atomic E-state index is 13.1. The fourth-order valence-electron chi connectivity index (χ4n) is 1.81. The molecule has 1 aliphatic heterocycles. The van der Waals surface area contributed by atoms with Gasteiger partial charge >= 0.3 is 0 Å². The van der Waals surface area contributed by atoms with E-state index in [1.54, 1.807) is 6.07 Å². The summed E-state index contributed by atoms with van der Waals surface area (Å²) in [5.74, 6) is 0.609. The van der Waals surface area contributed by atoms with Gasteiger partial charge in [-0.1, -0.05) is 5.16 Å². The van der Waals surface area contributed by atoms with E-state index in [0.717, 1.165) is 30.0 Å². The first-order valence-electron chi connectivity index (χ1n) is 5.14. The Bertz CT molecular complexity index is 567. The van der Waals surface area contributed by atoms with Crippen LogP contribution >= 0.6 is 12.4 Å². The van der Waals surface area contributed by atoms with Crippen molar-refractivity contribution in [2.24, 2.45) is 4.99 Å². The molecule has 4 nitrogen and oxygen atoms in total. The molecule has 1 aliphatic rings. The van der Waals surface area contributed by atoms with Gasteiger partial charge in [0.25, 0.3) is 0 Å². The third-order valence-corrected chi connectivity index (χ3v) is 2.59. The van der Waals surface area contributed by atoms with Crippen LogP contribution < -0.4 is 5.32 Å². The fraction of sp³-hybridized carbons (Fsp3) is 0.273. The number of hydrogen-bond donors (Lipinski definition) is 1. The molecule has 90 valence electrons. The summed E-state index contributed by atoms with van der Waals surface area (Å²) in [4.78, 5) is 4.27. The van der Waals surface area contributed by atoms with Crippen LogP contribution in [0.1, 0.15) is 5.69 Å². The fourth-order valence-corrected chi connectivity index (χ4v) is 1.81. The number of benzene rings is 1. The molecule has 0 aliphatic carbocycles. The summed E-state index contributed by atoms with van der Waals surface area (Å²) < 4.78 is 18.2. The number of hydrogen-bond acceptors (Lipinski definition) is 4. The molecule has 0 radical (unpaired) electrons. The average Bonchev–Trinajstić information content (AvgIpc) is 2.90. The highest BCUT2D eigenvalue weighted by Crippen LogP contribution is 2.20. The predicted molar refractivity (Wildman–Crippen MR) is 65.2 cm³/mol. The molecule has 17 heavy (non-hydrogen) atoms. The summed E-state index contributed by atoms with van der Waals surface area (Å²) in [5, 5.41) is 7.81. The van der Waals surface area contributed by atoms with Gasteiger partial charge in [-0.15, -0.1) is 12.4 Å². The third-order valence-electron chi connectivity index (χ3n) is 2.59. The highest BCUT2D eigenvalue weighted by molar-refractivity contribution is 5.90. The zero-order chi connectivity index (χ0) is 11.0. The minimum absolute atomic E-state index is 0. The second-order valence-corrected chi connectivity index (χ2v) is 3.70. The van der Waals surface area contributed by atoms with Gasteiger partial charge in [0.15, 0.2) is 5.58 Å². The van der Waals surface area contributed by atoms with Gasteiger partial charge in [-0.25, -0.2) is 4.39 Å². The summed E-state index contributed by atoms with van der Waals surface area (Å²) >= 11 is 0. The number of aliphatic imine (C=N–C) groups is 1. The number of rotatable bonds is 2. The van der Waals surface area contributed by atoms with Crippen LogP contribution in [0.3, 0.4) is 0 Å². The second kappa shape index (κ2) is 4.71. The van der Waals surface area contributed by atoms with E-state index in [2.05, 4.69) is 15.5 Å². The SMILES string of the molecule is Cl.Fc1ccc2onc(CC3=NCCN3)c2c1. The quantitative estimate of drug-likeness (QED) is 0.892. The Morgan fingerprint density at radius 2 is 2.29 bits per heavy atom. The van der Waals surface area contributed by atoms with E-state index in [0.29, 0.717) is 12.0 Å². The lowest BCUT2D eigenvalue weighted by atomic mass is 10.1. The summed E-state index contributed by atoms with van der Waals surface area (Å²) in [6, 6.07) is 4.39. The Kier molecular flexibility index (Phi) is 3.28. The summed E-state index contributed by atoms with van der Waals surface area (Å²) in [5.41, 5.74) is 1.33. The van der Waals surface area contributed by atoms with Crippen LogP contribution in [0.15, 0.2) is 27.7 Å². The zero-order valence-corrected chi connectivity index (χ0v) is 9.76. The highest BCUT2D eigenvalue weighted by Gasteiger charge is 2.13. The van der Waals surface area contributed by atoms with Gasteiger partial charge in [-0.2, -0.15) is 0 Å². The van der Waals surface area contributed by atoms with E-state index in [9.17, 15) is 4.39 Å². The molecule has 0 fully saturated rings. The standard InChI is InChI=1S/C11H10FN3O.ClH/c12-7-1-2-10-8(5-7)9(15-16-10)6-11-13-3-4-14-11;/h1-2,5H,3-4,6H2,(H,13,14);1H. The third kappa shape index (κ3) is 2.24. The van der Waals surface area contributed by atoms with Crippen molar-refractivity contribution in [1.82, 2.24) is 10.5 Å². The van der Waals surface area contributed by atoms with E-state index in [-0.39, 0.29) is 18.2 Å². The number of fused-ring (bicyclic) bond motifs is 1. The van der Waals surface area contributed by atoms with Gasteiger partial charge in [0.05, 0.1) is 18.7 Å². The lowest BCUT2D eigenvalue weighted by Gasteiger charge is -1.98. The van der Waals surface area contributed by atoms with Crippen LogP contribution in [0.4, 0.5) is 4.39 Å². The molecule has 0 saturated carbocycles. The summed E-state index contributed by atoms with van der Waals surface area (Å²) in [6.07, 6.45) is 0.566. The van der Waals surface area contributed by atoms with Gasteiger partial charge in [0.2, 0.25) is 0 Å². The van der Waals surface area contributed by atoms with E-state index in [1.165, 1.54) is 12.1 Å². The van der Waals surface area contributed by atoms with Crippen molar-refractivity contribution >= 4 is 29.2 Å². The minimum Gasteiger partial charge on any atom is -0.372 e. The van der Waals surface area contributed by atoms with Gasteiger partial charge in [-0.05, 0) is 18.2 Å². The molecule has 1 aromatic heterocycles. The van der Waals surface area contributed by atoms with E-state index in [1.807, 2.05) is 0 Å². The Morgan fingerprint density at radius 3 is 3.06 bits per heavy atom. The number of halogens is 2. The first-order valence-corrected chi connectivity index (χ1v) is 5.14. The maximum atomic E-state index is 13.1. The topological polar surface area (TPSA) is 50.4 Å². The van der Waals surface area contributed by atoms with E-state index >= 15 is 0 Å². The zero-order valence-electron chi connectivity index (χ0n) is 8.94. The average molecular weight is 256 g/mol. The summed E-state index contributed by atoms with van der Waals surface area (Å²) in [6.45, 7) is 1.65. The molecule has 0 spiro atoms. The van der Waals surface area contributed by atoms with Gasteiger partial charge in [-0.3, -0.25) is 4.99 Å². The molecular weight excluding hydrogens is 245 g/mol. The number of nitrogens with zero attached hydrogens (tertiary/aromatic N) is 2. The molecule has 1 N–H and O–H groups in total. The van der Waals surface area contributed by atoms with E-state index < -0.39 is 0 Å². The van der Waals surface area contributed by atoms with E-state index in [4.69, 9.17) is 4.52 Å². The number of amidine groups is 1. The van der Waals surface area contributed by atoms with Crippen LogP contribution in [0.2, 0.25) is 0 Å². The van der Waals surface area contributed by atoms with Gasteiger partial charge in [0, 0.05) is 11.9 Å². The highest BCUT2D eigenvalue weighted by atomic mass is 35.5. The van der Waals surface area contributed by atoms with Crippen molar-refractivity contribution in [3.8, 4) is 0 Å². The van der Waals surface area contributed by atoms with Crippen LogP contribution in [0.5, 0.6) is 0 Å². The molecule has 0 bridgehead atoms. The molecule has 3 rings (SSSR count). The van der Waals surface area contributed by atoms with Crippen molar-refractivity contribution in [1.29, 1.82) is 0 Å². The smallest absolute Gasteiger partial charge is 0.167 e. The molecule has 1 aromatic carbocycles. The van der Waals surface area contributed by atoms with Crippen molar-refractivity contribution in [3.63, 3.8) is 0 Å². The van der Waals surface area contributed by atoms with Gasteiger partial charge < -0.3 is 9.84 Å².